The molecule has 1 fully saturated rings. The smallest absolute Gasteiger partial charge is 0.407 e. The zero-order valence-electron chi connectivity index (χ0n) is 16.9. The minimum Gasteiger partial charge on any atom is -0.508 e. The van der Waals surface area contributed by atoms with Crippen LogP contribution in [0.5, 0.6) is 11.5 Å². The van der Waals surface area contributed by atoms with Crippen LogP contribution in [0.25, 0.3) is 32.8 Å². The van der Waals surface area contributed by atoms with Gasteiger partial charge in [-0.25, -0.2) is 9.78 Å². The predicted octanol–water partition coefficient (Wildman–Crippen LogP) is 4.12. The lowest BCUT2D eigenvalue weighted by Crippen LogP contribution is -2.52. The Balaban J connectivity index is 1.72. The first-order chi connectivity index (χ1) is 15.4. The van der Waals surface area contributed by atoms with Crippen LogP contribution in [0.1, 0.15) is 6.04 Å². The molecule has 0 aliphatic carbocycles. The molecule has 1 aliphatic heterocycles. The maximum atomic E-state index is 13.3. The lowest BCUT2D eigenvalue weighted by atomic mass is 9.96. The van der Waals surface area contributed by atoms with Gasteiger partial charge >= 0.3 is 6.09 Å². The van der Waals surface area contributed by atoms with E-state index in [2.05, 4.69) is 4.98 Å². The van der Waals surface area contributed by atoms with Gasteiger partial charge in [-0.1, -0.05) is 35.9 Å². The number of fused-ring (bicyclic) bond motifs is 2. The number of ether oxygens (including phenoxy) is 1. The van der Waals surface area contributed by atoms with Crippen LogP contribution in [0.2, 0.25) is 5.02 Å². The van der Waals surface area contributed by atoms with Crippen LogP contribution in [0.3, 0.4) is 0 Å². The number of rotatable bonds is 3. The van der Waals surface area contributed by atoms with Gasteiger partial charge in [0.2, 0.25) is 0 Å². The van der Waals surface area contributed by atoms with Crippen molar-refractivity contribution in [1.82, 2.24) is 14.5 Å². The summed E-state index contributed by atoms with van der Waals surface area (Å²) in [5, 5.41) is 21.5. The van der Waals surface area contributed by atoms with Crippen molar-refractivity contribution in [3.05, 3.63) is 64.2 Å². The Morgan fingerprint density at radius 2 is 1.94 bits per heavy atom. The Hall–Kier alpha value is -3.78. The molecule has 0 bridgehead atoms. The number of benzene rings is 3. The largest absolute Gasteiger partial charge is 0.508 e. The van der Waals surface area contributed by atoms with Gasteiger partial charge in [0.15, 0.2) is 0 Å². The normalized spacial score (nSPS) is 14.0. The van der Waals surface area contributed by atoms with Gasteiger partial charge in [0.05, 0.1) is 24.5 Å². The Kier molecular flexibility index (Phi) is 4.67. The molecule has 1 amide bonds. The van der Waals surface area contributed by atoms with Gasteiger partial charge in [-0.15, -0.1) is 0 Å². The molecule has 4 aromatic rings. The van der Waals surface area contributed by atoms with E-state index in [4.69, 9.17) is 21.4 Å². The molecule has 3 aromatic carbocycles. The fourth-order valence-electron chi connectivity index (χ4n) is 4.17. The zero-order chi connectivity index (χ0) is 22.6. The monoisotopic (exact) mass is 451 g/mol. The van der Waals surface area contributed by atoms with Crippen molar-refractivity contribution in [3.63, 3.8) is 0 Å². The third kappa shape index (κ3) is 3.03. The summed E-state index contributed by atoms with van der Waals surface area (Å²) in [6.07, 6.45) is 0.371. The van der Waals surface area contributed by atoms with Gasteiger partial charge in [-0.2, -0.15) is 0 Å². The summed E-state index contributed by atoms with van der Waals surface area (Å²) in [6.45, 7) is 0.428. The minimum absolute atomic E-state index is 0.0881. The van der Waals surface area contributed by atoms with E-state index < -0.39 is 6.09 Å². The van der Waals surface area contributed by atoms with Gasteiger partial charge in [-0.3, -0.25) is 9.36 Å². The van der Waals surface area contributed by atoms with Crippen LogP contribution >= 0.6 is 11.6 Å². The Morgan fingerprint density at radius 3 is 2.66 bits per heavy atom. The van der Waals surface area contributed by atoms with Crippen molar-refractivity contribution >= 4 is 39.4 Å². The topological polar surface area (TPSA) is 105 Å². The van der Waals surface area contributed by atoms with E-state index >= 15 is 0 Å². The van der Waals surface area contributed by atoms with Crippen molar-refractivity contribution in [2.75, 3.05) is 20.2 Å². The lowest BCUT2D eigenvalue weighted by molar-refractivity contribution is 0.0842. The molecule has 1 aliphatic rings. The molecule has 2 N–H and O–H groups in total. The maximum absolute atomic E-state index is 13.3. The molecule has 32 heavy (non-hydrogen) atoms. The van der Waals surface area contributed by atoms with Crippen LogP contribution in [-0.4, -0.2) is 51.0 Å². The number of nitrogens with zero attached hydrogens (tertiary/aromatic N) is 3. The Bertz CT molecular complexity index is 1460. The van der Waals surface area contributed by atoms with E-state index in [1.165, 1.54) is 22.9 Å². The summed E-state index contributed by atoms with van der Waals surface area (Å²) in [6, 6.07) is 12.2. The first kappa shape index (κ1) is 20.1. The van der Waals surface area contributed by atoms with E-state index in [1.807, 2.05) is 24.3 Å². The second kappa shape index (κ2) is 7.42. The third-order valence-corrected chi connectivity index (χ3v) is 6.23. The molecule has 9 heteroatoms. The Labute approximate surface area is 186 Å². The van der Waals surface area contributed by atoms with Crippen molar-refractivity contribution in [1.29, 1.82) is 0 Å². The number of carboxylic acid groups (broad SMARTS) is 1. The molecule has 0 atom stereocenters. The quantitative estimate of drug-likeness (QED) is 0.485. The van der Waals surface area contributed by atoms with Gasteiger partial charge in [0.1, 0.15) is 22.4 Å². The van der Waals surface area contributed by atoms with Crippen LogP contribution in [0, 0.1) is 0 Å². The molecule has 2 heterocycles. The number of amides is 1. The number of phenolic OH excluding ortho intramolecular Hbond substituents is 1. The highest BCUT2D eigenvalue weighted by molar-refractivity contribution is 6.38. The lowest BCUT2D eigenvalue weighted by Gasteiger charge is -2.37. The molecule has 0 saturated carbocycles. The number of carbonyl (C=O) groups is 1. The summed E-state index contributed by atoms with van der Waals surface area (Å²) in [5.74, 6) is 0.387. The molecule has 0 radical (unpaired) electrons. The van der Waals surface area contributed by atoms with E-state index in [1.54, 1.807) is 18.2 Å². The molecule has 5 rings (SSSR count). The van der Waals surface area contributed by atoms with Crippen molar-refractivity contribution in [2.24, 2.45) is 0 Å². The van der Waals surface area contributed by atoms with E-state index in [9.17, 15) is 14.7 Å². The molecular weight excluding hydrogens is 434 g/mol. The van der Waals surface area contributed by atoms with Crippen molar-refractivity contribution in [2.45, 2.75) is 6.04 Å². The highest BCUT2D eigenvalue weighted by Gasteiger charge is 2.33. The molecule has 8 nitrogen and oxygen atoms in total. The fraction of sp³-hybridized carbons (Fsp3) is 0.174. The highest BCUT2D eigenvalue weighted by atomic mass is 35.5. The van der Waals surface area contributed by atoms with E-state index in [0.29, 0.717) is 16.9 Å². The highest BCUT2D eigenvalue weighted by Crippen LogP contribution is 2.42. The number of aromatic nitrogens is 2. The predicted molar refractivity (Wildman–Crippen MR) is 121 cm³/mol. The van der Waals surface area contributed by atoms with Gasteiger partial charge in [0.25, 0.3) is 5.56 Å². The fourth-order valence-corrected chi connectivity index (χ4v) is 4.47. The first-order valence-electron chi connectivity index (χ1n) is 9.86. The van der Waals surface area contributed by atoms with Crippen LogP contribution in [-0.2, 0) is 0 Å². The standard InChI is InChI=1S/C23H18ClN3O5/c1-32-18-8-17(16-7-14(28)6-12-4-2-3-5-15(12)16)20(24)21-19(18)22(29)27(11-25-21)13-9-26(10-13)23(30)31/h2-8,11,13,28H,9-10H2,1H3,(H,30,31). The number of likely N-dealkylation sites (tertiary alicyclic amines) is 1. The molecule has 1 aromatic heterocycles. The molecule has 0 unspecified atom stereocenters. The number of hydrogen-bond acceptors (Lipinski definition) is 5. The summed E-state index contributed by atoms with van der Waals surface area (Å²) in [5.41, 5.74) is 1.20. The van der Waals surface area contributed by atoms with Gasteiger partial charge in [-0.05, 0) is 34.5 Å². The van der Waals surface area contributed by atoms with Gasteiger partial charge < -0.3 is 19.8 Å². The van der Waals surface area contributed by atoms with E-state index in [-0.39, 0.29) is 46.4 Å². The summed E-state index contributed by atoms with van der Waals surface area (Å²) in [4.78, 5) is 30.0. The third-order valence-electron chi connectivity index (χ3n) is 5.85. The summed E-state index contributed by atoms with van der Waals surface area (Å²) in [7, 11) is 1.46. The van der Waals surface area contributed by atoms with Gasteiger partial charge in [0, 0.05) is 18.7 Å². The first-order valence-corrected chi connectivity index (χ1v) is 10.2. The van der Waals surface area contributed by atoms with Crippen molar-refractivity contribution < 1.29 is 19.7 Å². The number of methoxy groups -OCH3 is 1. The molecule has 162 valence electrons. The number of halogens is 1. The average Bonchev–Trinajstić information content (AvgIpc) is 2.74. The van der Waals surface area contributed by atoms with Crippen LogP contribution in [0.15, 0.2) is 53.6 Å². The number of phenols is 1. The maximum Gasteiger partial charge on any atom is 0.407 e. The average molecular weight is 452 g/mol. The van der Waals surface area contributed by atoms with Crippen molar-refractivity contribution in [3.8, 4) is 22.6 Å². The summed E-state index contributed by atoms with van der Waals surface area (Å²) < 4.78 is 6.96. The second-order valence-corrected chi connectivity index (χ2v) is 8.05. The minimum atomic E-state index is -1.02. The molecule has 1 saturated heterocycles. The molecule has 0 spiro atoms. The second-order valence-electron chi connectivity index (χ2n) is 7.68. The van der Waals surface area contributed by atoms with E-state index in [0.717, 1.165) is 10.8 Å². The number of hydrogen-bond donors (Lipinski definition) is 2. The van der Waals surface area contributed by atoms with Crippen LogP contribution in [0.4, 0.5) is 4.79 Å². The zero-order valence-corrected chi connectivity index (χ0v) is 17.7. The van der Waals surface area contributed by atoms with Crippen LogP contribution < -0.4 is 10.3 Å². The number of aromatic hydroxyl groups is 1. The molecular formula is C23H18ClN3O5. The Morgan fingerprint density at radius 1 is 1.19 bits per heavy atom. The summed E-state index contributed by atoms with van der Waals surface area (Å²) >= 11 is 6.74. The SMILES string of the molecule is COc1cc(-c2cc(O)cc3ccccc23)c(Cl)c2ncn(C3CN(C(=O)O)C3)c(=O)c12.